The van der Waals surface area contributed by atoms with Crippen LogP contribution in [0.3, 0.4) is 0 Å². The zero-order valence-electron chi connectivity index (χ0n) is 11.1. The molecule has 0 bridgehead atoms. The smallest absolute Gasteiger partial charge is 0.132 e. The van der Waals surface area contributed by atoms with Crippen LogP contribution in [0.15, 0.2) is 36.5 Å². The molecule has 0 saturated heterocycles. The second kappa shape index (κ2) is 5.02. The predicted octanol–water partition coefficient (Wildman–Crippen LogP) is 2.97. The highest BCUT2D eigenvalue weighted by atomic mass is 16.3. The molecule has 0 fully saturated rings. The van der Waals surface area contributed by atoms with Crippen molar-refractivity contribution in [3.05, 3.63) is 53.2 Å². The van der Waals surface area contributed by atoms with Gasteiger partial charge in [0.2, 0.25) is 0 Å². The first-order valence-electron chi connectivity index (χ1n) is 6.71. The monoisotopic (exact) mass is 254 g/mol. The second-order valence-corrected chi connectivity index (χ2v) is 5.07. The number of rotatable bonds is 2. The molecule has 3 rings (SSSR count). The fourth-order valence-electron chi connectivity index (χ4n) is 2.63. The lowest BCUT2D eigenvalue weighted by atomic mass is 9.99. The summed E-state index contributed by atoms with van der Waals surface area (Å²) in [6.45, 7) is 3.18. The number of hydrogen-bond donors (Lipinski definition) is 1. The summed E-state index contributed by atoms with van der Waals surface area (Å²) in [5.74, 6) is 0.960. The molecule has 0 atom stereocenters. The van der Waals surface area contributed by atoms with Crippen LogP contribution in [0.25, 0.3) is 0 Å². The molecule has 1 N–H and O–H groups in total. The first-order chi connectivity index (χ1) is 9.28. The Bertz CT molecular complexity index is 578. The Labute approximate surface area is 113 Å². The SMILES string of the molecule is Cc1ccc2c(c1)CCCN2c1ccc(CO)cn1. The summed E-state index contributed by atoms with van der Waals surface area (Å²) in [4.78, 5) is 6.72. The molecule has 0 aliphatic carbocycles. The van der Waals surface area contributed by atoms with Crippen LogP contribution in [0.5, 0.6) is 0 Å². The van der Waals surface area contributed by atoms with E-state index < -0.39 is 0 Å². The van der Waals surface area contributed by atoms with E-state index in [1.807, 2.05) is 12.1 Å². The van der Waals surface area contributed by atoms with Crippen molar-refractivity contribution >= 4 is 11.5 Å². The number of nitrogens with zero attached hydrogens (tertiary/aromatic N) is 2. The maximum atomic E-state index is 9.07. The van der Waals surface area contributed by atoms with E-state index in [0.717, 1.165) is 30.8 Å². The zero-order chi connectivity index (χ0) is 13.2. The second-order valence-electron chi connectivity index (χ2n) is 5.07. The highest BCUT2D eigenvalue weighted by molar-refractivity contribution is 5.65. The van der Waals surface area contributed by atoms with Crippen LogP contribution in [0.4, 0.5) is 11.5 Å². The van der Waals surface area contributed by atoms with Crippen LogP contribution in [0.2, 0.25) is 0 Å². The van der Waals surface area contributed by atoms with Gasteiger partial charge in [-0.2, -0.15) is 0 Å². The third-order valence-electron chi connectivity index (χ3n) is 3.62. The third-order valence-corrected chi connectivity index (χ3v) is 3.62. The Balaban J connectivity index is 1.98. The lowest BCUT2D eigenvalue weighted by Crippen LogP contribution is -2.25. The summed E-state index contributed by atoms with van der Waals surface area (Å²) in [7, 11) is 0. The molecule has 2 heterocycles. The molecule has 1 aliphatic heterocycles. The summed E-state index contributed by atoms with van der Waals surface area (Å²) in [5, 5.41) is 9.07. The molecule has 0 amide bonds. The Morgan fingerprint density at radius 3 is 2.89 bits per heavy atom. The van der Waals surface area contributed by atoms with Gasteiger partial charge in [0.15, 0.2) is 0 Å². The van der Waals surface area contributed by atoms with Gasteiger partial charge >= 0.3 is 0 Å². The van der Waals surface area contributed by atoms with Gasteiger partial charge in [-0.3, -0.25) is 0 Å². The highest BCUT2D eigenvalue weighted by Gasteiger charge is 2.18. The fourth-order valence-corrected chi connectivity index (χ4v) is 2.63. The van der Waals surface area contributed by atoms with Crippen LogP contribution >= 0.6 is 0 Å². The van der Waals surface area contributed by atoms with Gasteiger partial charge in [-0.25, -0.2) is 4.98 Å². The number of fused-ring (bicyclic) bond motifs is 1. The fraction of sp³-hybridized carbons (Fsp3) is 0.312. The van der Waals surface area contributed by atoms with E-state index in [9.17, 15) is 0 Å². The summed E-state index contributed by atoms with van der Waals surface area (Å²) >= 11 is 0. The van der Waals surface area contributed by atoms with E-state index in [2.05, 4.69) is 35.0 Å². The van der Waals surface area contributed by atoms with Crippen molar-refractivity contribution in [2.45, 2.75) is 26.4 Å². The number of hydrogen-bond acceptors (Lipinski definition) is 3. The van der Waals surface area contributed by atoms with Crippen LogP contribution in [-0.2, 0) is 13.0 Å². The third kappa shape index (κ3) is 2.34. The van der Waals surface area contributed by atoms with Crippen molar-refractivity contribution in [2.75, 3.05) is 11.4 Å². The van der Waals surface area contributed by atoms with Gasteiger partial charge in [0, 0.05) is 18.4 Å². The largest absolute Gasteiger partial charge is 0.392 e. The number of aryl methyl sites for hydroxylation is 2. The molecule has 3 heteroatoms. The Morgan fingerprint density at radius 2 is 2.16 bits per heavy atom. The molecule has 1 aromatic carbocycles. The van der Waals surface area contributed by atoms with Gasteiger partial charge in [-0.15, -0.1) is 0 Å². The quantitative estimate of drug-likeness (QED) is 0.895. The molecule has 98 valence electrons. The standard InChI is InChI=1S/C16H18N2O/c1-12-4-6-15-14(9-12)3-2-8-18(15)16-7-5-13(11-19)10-17-16/h4-7,9-10,19H,2-3,8,11H2,1H3. The van der Waals surface area contributed by atoms with Crippen molar-refractivity contribution in [3.63, 3.8) is 0 Å². The molecule has 0 unspecified atom stereocenters. The first-order valence-corrected chi connectivity index (χ1v) is 6.71. The van der Waals surface area contributed by atoms with Crippen molar-refractivity contribution in [1.29, 1.82) is 0 Å². The van der Waals surface area contributed by atoms with Gasteiger partial charge in [0.1, 0.15) is 5.82 Å². The molecule has 3 nitrogen and oxygen atoms in total. The lowest BCUT2D eigenvalue weighted by Gasteiger charge is -2.30. The molecule has 0 radical (unpaired) electrons. The summed E-state index contributed by atoms with van der Waals surface area (Å²) in [5.41, 5.74) is 4.83. The topological polar surface area (TPSA) is 36.4 Å². The normalized spacial score (nSPS) is 14.3. The van der Waals surface area contributed by atoms with Crippen LogP contribution in [0.1, 0.15) is 23.1 Å². The summed E-state index contributed by atoms with van der Waals surface area (Å²) < 4.78 is 0. The van der Waals surface area contributed by atoms with Gasteiger partial charge in [-0.1, -0.05) is 23.8 Å². The van der Waals surface area contributed by atoms with E-state index in [1.54, 1.807) is 6.20 Å². The number of anilines is 2. The van der Waals surface area contributed by atoms with Gasteiger partial charge in [-0.05, 0) is 43.0 Å². The first kappa shape index (κ1) is 12.2. The number of aliphatic hydroxyl groups excluding tert-OH is 1. The zero-order valence-corrected chi connectivity index (χ0v) is 11.1. The van der Waals surface area contributed by atoms with Crippen molar-refractivity contribution in [1.82, 2.24) is 4.98 Å². The molecule has 2 aromatic rings. The molecule has 0 saturated carbocycles. The van der Waals surface area contributed by atoms with Gasteiger partial charge in [0.05, 0.1) is 6.61 Å². The number of pyridine rings is 1. The Morgan fingerprint density at radius 1 is 1.26 bits per heavy atom. The van der Waals surface area contributed by atoms with Crippen LogP contribution in [-0.4, -0.2) is 16.6 Å². The molecular weight excluding hydrogens is 236 g/mol. The maximum absolute atomic E-state index is 9.07. The van der Waals surface area contributed by atoms with Gasteiger partial charge < -0.3 is 10.0 Å². The minimum Gasteiger partial charge on any atom is -0.392 e. The van der Waals surface area contributed by atoms with Crippen LogP contribution in [0, 0.1) is 6.92 Å². The Kier molecular flexibility index (Phi) is 3.22. The van der Waals surface area contributed by atoms with E-state index in [1.165, 1.54) is 16.8 Å². The van der Waals surface area contributed by atoms with E-state index in [0.29, 0.717) is 0 Å². The molecule has 1 aliphatic rings. The molecular formula is C16H18N2O. The molecule has 1 aromatic heterocycles. The summed E-state index contributed by atoms with van der Waals surface area (Å²) in [6.07, 6.45) is 4.04. The minimum atomic E-state index is 0.0447. The van der Waals surface area contributed by atoms with Crippen molar-refractivity contribution in [3.8, 4) is 0 Å². The lowest BCUT2D eigenvalue weighted by molar-refractivity contribution is 0.281. The number of aliphatic hydroxyl groups is 1. The predicted molar refractivity (Wildman–Crippen MR) is 76.7 cm³/mol. The Hall–Kier alpha value is -1.87. The minimum absolute atomic E-state index is 0.0447. The number of aromatic nitrogens is 1. The molecule has 19 heavy (non-hydrogen) atoms. The number of benzene rings is 1. The maximum Gasteiger partial charge on any atom is 0.132 e. The van der Waals surface area contributed by atoms with E-state index in [-0.39, 0.29) is 6.61 Å². The average Bonchev–Trinajstić information content (AvgIpc) is 2.46. The van der Waals surface area contributed by atoms with Gasteiger partial charge in [0.25, 0.3) is 0 Å². The summed E-state index contributed by atoms with van der Waals surface area (Å²) in [6, 6.07) is 10.5. The van der Waals surface area contributed by atoms with Crippen molar-refractivity contribution < 1.29 is 5.11 Å². The van der Waals surface area contributed by atoms with E-state index in [4.69, 9.17) is 5.11 Å². The van der Waals surface area contributed by atoms with Crippen molar-refractivity contribution in [2.24, 2.45) is 0 Å². The van der Waals surface area contributed by atoms with E-state index >= 15 is 0 Å². The average molecular weight is 254 g/mol. The highest BCUT2D eigenvalue weighted by Crippen LogP contribution is 2.32. The molecule has 0 spiro atoms. The van der Waals surface area contributed by atoms with Crippen LogP contribution < -0.4 is 4.90 Å².